The third kappa shape index (κ3) is 5.56. The zero-order valence-corrected chi connectivity index (χ0v) is 18.7. The van der Waals surface area contributed by atoms with Crippen molar-refractivity contribution in [1.29, 1.82) is 0 Å². The summed E-state index contributed by atoms with van der Waals surface area (Å²) in [6.45, 7) is 0.583. The van der Waals surface area contributed by atoms with Crippen LogP contribution in [0.3, 0.4) is 0 Å². The van der Waals surface area contributed by atoms with Crippen molar-refractivity contribution in [3.8, 4) is 11.5 Å². The number of esters is 1. The van der Waals surface area contributed by atoms with Gasteiger partial charge in [0.05, 0.1) is 25.0 Å². The molecule has 7 nitrogen and oxygen atoms in total. The maximum absolute atomic E-state index is 12.2. The molecule has 1 N–H and O–H groups in total. The van der Waals surface area contributed by atoms with Gasteiger partial charge in [0.1, 0.15) is 11.5 Å². The number of nitrogens with one attached hydrogen (secondary N) is 1. The van der Waals surface area contributed by atoms with E-state index in [1.54, 1.807) is 24.3 Å². The quantitative estimate of drug-likeness (QED) is 0.505. The van der Waals surface area contributed by atoms with Crippen molar-refractivity contribution >= 4 is 29.2 Å². The minimum atomic E-state index is -0.760. The van der Waals surface area contributed by atoms with E-state index in [4.69, 9.17) is 25.8 Å². The highest BCUT2D eigenvalue weighted by molar-refractivity contribution is 6.31. The predicted octanol–water partition coefficient (Wildman–Crippen LogP) is 4.05. The Morgan fingerprint density at radius 2 is 1.82 bits per heavy atom. The van der Waals surface area contributed by atoms with Gasteiger partial charge in [-0.05, 0) is 48.0 Å². The summed E-state index contributed by atoms with van der Waals surface area (Å²) in [5, 5.41) is 3.31. The maximum Gasteiger partial charge on any atom is 0.347 e. The van der Waals surface area contributed by atoms with Crippen LogP contribution < -0.4 is 19.7 Å². The molecule has 0 aliphatic carbocycles. The molecule has 1 aliphatic heterocycles. The summed E-state index contributed by atoms with van der Waals surface area (Å²) in [7, 11) is 1.34. The SMILES string of the molecule is COC(=O)C(Cc1ccc(OCN2CNC(=O)c3cc(Cl)ccc32)cc1)Oc1ccccc1. The lowest BCUT2D eigenvalue weighted by molar-refractivity contribution is -0.148. The molecular formula is C25H23ClN2O5. The Labute approximate surface area is 196 Å². The van der Waals surface area contributed by atoms with Crippen LogP contribution in [0.4, 0.5) is 5.69 Å². The molecule has 4 rings (SSSR count). The molecule has 0 bridgehead atoms. The number of amides is 1. The fraction of sp³-hybridized carbons (Fsp3) is 0.200. The van der Waals surface area contributed by atoms with Gasteiger partial charge < -0.3 is 24.4 Å². The number of nitrogens with zero attached hydrogens (tertiary/aromatic N) is 1. The third-order valence-corrected chi connectivity index (χ3v) is 5.43. The number of fused-ring (bicyclic) bond motifs is 1. The van der Waals surface area contributed by atoms with E-state index in [1.165, 1.54) is 7.11 Å². The highest BCUT2D eigenvalue weighted by atomic mass is 35.5. The van der Waals surface area contributed by atoms with E-state index in [2.05, 4.69) is 5.32 Å². The molecule has 3 aromatic rings. The van der Waals surface area contributed by atoms with E-state index in [1.807, 2.05) is 53.4 Å². The molecule has 3 aromatic carbocycles. The minimum Gasteiger partial charge on any atom is -0.478 e. The number of methoxy groups -OCH3 is 1. The molecule has 0 spiro atoms. The first-order valence-electron chi connectivity index (χ1n) is 10.4. The minimum absolute atomic E-state index is 0.161. The van der Waals surface area contributed by atoms with Crippen LogP contribution in [0.1, 0.15) is 15.9 Å². The number of rotatable bonds is 8. The van der Waals surface area contributed by atoms with Crippen molar-refractivity contribution < 1.29 is 23.8 Å². The molecule has 0 fully saturated rings. The molecule has 33 heavy (non-hydrogen) atoms. The van der Waals surface area contributed by atoms with Crippen molar-refractivity contribution in [2.24, 2.45) is 0 Å². The van der Waals surface area contributed by atoms with Crippen LogP contribution >= 0.6 is 11.6 Å². The van der Waals surface area contributed by atoms with Gasteiger partial charge >= 0.3 is 5.97 Å². The Morgan fingerprint density at radius 1 is 1.06 bits per heavy atom. The summed E-state index contributed by atoms with van der Waals surface area (Å²) < 4.78 is 16.6. The van der Waals surface area contributed by atoms with Gasteiger partial charge in [-0.2, -0.15) is 0 Å². The average molecular weight is 467 g/mol. The molecule has 0 radical (unpaired) electrons. The average Bonchev–Trinajstić information content (AvgIpc) is 2.84. The molecule has 1 heterocycles. The Kier molecular flexibility index (Phi) is 7.00. The van der Waals surface area contributed by atoms with Crippen molar-refractivity contribution in [3.05, 3.63) is 88.9 Å². The smallest absolute Gasteiger partial charge is 0.347 e. The number of anilines is 1. The second kappa shape index (κ2) is 10.3. The van der Waals surface area contributed by atoms with Crippen LogP contribution in [0, 0.1) is 0 Å². The van der Waals surface area contributed by atoms with E-state index < -0.39 is 12.1 Å². The largest absolute Gasteiger partial charge is 0.478 e. The van der Waals surface area contributed by atoms with Crippen molar-refractivity contribution in [1.82, 2.24) is 5.32 Å². The Hall–Kier alpha value is -3.71. The normalized spacial score (nSPS) is 13.5. The van der Waals surface area contributed by atoms with Crippen LogP contribution in [-0.2, 0) is 16.0 Å². The van der Waals surface area contributed by atoms with Crippen LogP contribution in [0.5, 0.6) is 11.5 Å². The van der Waals surface area contributed by atoms with Gasteiger partial charge in [0.15, 0.2) is 12.8 Å². The Bertz CT molecular complexity index is 1120. The molecule has 1 aliphatic rings. The highest BCUT2D eigenvalue weighted by Crippen LogP contribution is 2.27. The summed E-state index contributed by atoms with van der Waals surface area (Å²) in [6.07, 6.45) is -0.404. The molecule has 0 saturated carbocycles. The van der Waals surface area contributed by atoms with Gasteiger partial charge in [-0.3, -0.25) is 4.79 Å². The second-order valence-corrected chi connectivity index (χ2v) is 7.87. The zero-order chi connectivity index (χ0) is 23.2. The summed E-state index contributed by atoms with van der Waals surface area (Å²) >= 11 is 6.02. The molecular weight excluding hydrogens is 444 g/mol. The van der Waals surface area contributed by atoms with Crippen molar-refractivity contribution in [2.75, 3.05) is 25.4 Å². The Morgan fingerprint density at radius 3 is 2.55 bits per heavy atom. The lowest BCUT2D eigenvalue weighted by Crippen LogP contribution is -2.45. The van der Waals surface area contributed by atoms with Crippen LogP contribution in [0.25, 0.3) is 0 Å². The van der Waals surface area contributed by atoms with Crippen molar-refractivity contribution in [2.45, 2.75) is 12.5 Å². The van der Waals surface area contributed by atoms with Crippen LogP contribution in [0.2, 0.25) is 5.02 Å². The Balaban J connectivity index is 1.39. The molecule has 8 heteroatoms. The number of para-hydroxylation sites is 1. The first-order chi connectivity index (χ1) is 16.0. The monoisotopic (exact) mass is 466 g/mol. The number of hydrogen-bond donors (Lipinski definition) is 1. The van der Waals surface area contributed by atoms with E-state index in [-0.39, 0.29) is 12.6 Å². The fourth-order valence-corrected chi connectivity index (χ4v) is 3.66. The third-order valence-electron chi connectivity index (χ3n) is 5.19. The summed E-state index contributed by atoms with van der Waals surface area (Å²) in [5.41, 5.74) is 2.18. The van der Waals surface area contributed by atoms with Crippen LogP contribution in [-0.4, -0.2) is 38.5 Å². The first-order valence-corrected chi connectivity index (χ1v) is 10.8. The topological polar surface area (TPSA) is 77.1 Å². The molecule has 1 atom stereocenters. The molecule has 1 unspecified atom stereocenters. The lowest BCUT2D eigenvalue weighted by Gasteiger charge is -2.31. The van der Waals surface area contributed by atoms with E-state index >= 15 is 0 Å². The lowest BCUT2D eigenvalue weighted by atomic mass is 10.1. The number of benzene rings is 3. The van der Waals surface area contributed by atoms with Gasteiger partial charge in [0.25, 0.3) is 5.91 Å². The standard InChI is InChI=1S/C25H23ClN2O5/c1-31-25(30)23(33-20-5-3-2-4-6-20)13-17-7-10-19(11-8-17)32-16-28-15-27-24(29)21-14-18(26)9-12-22(21)28/h2-12,14,23H,13,15-16H2,1H3,(H,27,29). The molecule has 1 amide bonds. The number of ether oxygens (including phenoxy) is 3. The highest BCUT2D eigenvalue weighted by Gasteiger charge is 2.24. The first kappa shape index (κ1) is 22.5. The van der Waals surface area contributed by atoms with Gasteiger partial charge in [0, 0.05) is 11.4 Å². The molecule has 0 saturated heterocycles. The number of halogens is 1. The summed E-state index contributed by atoms with van der Waals surface area (Å²) in [6, 6.07) is 21.8. The van der Waals surface area contributed by atoms with Gasteiger partial charge in [-0.15, -0.1) is 0 Å². The summed E-state index contributed by atoms with van der Waals surface area (Å²) in [4.78, 5) is 26.2. The second-order valence-electron chi connectivity index (χ2n) is 7.43. The van der Waals surface area contributed by atoms with E-state index in [0.717, 1.165) is 11.3 Å². The number of carbonyl (C=O) groups excluding carboxylic acids is 2. The summed E-state index contributed by atoms with van der Waals surface area (Å²) in [5.74, 6) is 0.656. The van der Waals surface area contributed by atoms with Crippen molar-refractivity contribution in [3.63, 3.8) is 0 Å². The molecule has 170 valence electrons. The zero-order valence-electron chi connectivity index (χ0n) is 18.0. The maximum atomic E-state index is 12.2. The van der Waals surface area contributed by atoms with Gasteiger partial charge in [-0.25, -0.2) is 4.79 Å². The van der Waals surface area contributed by atoms with Gasteiger partial charge in [0.2, 0.25) is 0 Å². The van der Waals surface area contributed by atoms with E-state index in [9.17, 15) is 9.59 Å². The van der Waals surface area contributed by atoms with Gasteiger partial charge in [-0.1, -0.05) is 41.9 Å². The van der Waals surface area contributed by atoms with E-state index in [0.29, 0.717) is 35.2 Å². The fourth-order valence-electron chi connectivity index (χ4n) is 3.48. The molecule has 0 aromatic heterocycles. The number of carbonyl (C=O) groups is 2. The number of hydrogen-bond acceptors (Lipinski definition) is 6. The predicted molar refractivity (Wildman–Crippen MR) is 125 cm³/mol. The van der Waals surface area contributed by atoms with Crippen LogP contribution in [0.15, 0.2) is 72.8 Å².